The van der Waals surface area contributed by atoms with Gasteiger partial charge in [-0.05, 0) is 25.9 Å². The van der Waals surface area contributed by atoms with Gasteiger partial charge in [0, 0.05) is 17.5 Å². The fourth-order valence-electron chi connectivity index (χ4n) is 1.58. The van der Waals surface area contributed by atoms with Crippen molar-refractivity contribution in [3.8, 4) is 0 Å². The van der Waals surface area contributed by atoms with Gasteiger partial charge in [-0.2, -0.15) is 0 Å². The average Bonchev–Trinajstić information content (AvgIpc) is 2.72. The summed E-state index contributed by atoms with van der Waals surface area (Å²) in [6.45, 7) is 1.88. The van der Waals surface area contributed by atoms with E-state index in [1.165, 1.54) is 11.3 Å². The summed E-state index contributed by atoms with van der Waals surface area (Å²) in [7, 11) is 0. The van der Waals surface area contributed by atoms with E-state index in [2.05, 4.69) is 15.6 Å². The van der Waals surface area contributed by atoms with E-state index in [9.17, 15) is 4.79 Å². The van der Waals surface area contributed by atoms with Gasteiger partial charge >= 0.3 is 0 Å². The number of carbonyl (C=O) groups is 1. The molecule has 0 radical (unpaired) electrons. The first-order valence-corrected chi connectivity index (χ1v) is 5.65. The molecule has 1 saturated heterocycles. The van der Waals surface area contributed by atoms with Crippen LogP contribution in [0.2, 0.25) is 0 Å². The third kappa shape index (κ3) is 3.44. The summed E-state index contributed by atoms with van der Waals surface area (Å²) in [5.41, 5.74) is 0. The van der Waals surface area contributed by atoms with Crippen LogP contribution in [0.15, 0.2) is 11.6 Å². The van der Waals surface area contributed by atoms with Crippen molar-refractivity contribution in [2.45, 2.75) is 12.8 Å². The monoisotopic (exact) mass is 247 g/mol. The zero-order valence-electron chi connectivity index (χ0n) is 8.23. The molecular weight excluding hydrogens is 234 g/mol. The third-order valence-corrected chi connectivity index (χ3v) is 3.06. The van der Waals surface area contributed by atoms with Crippen molar-refractivity contribution in [3.05, 3.63) is 11.6 Å². The number of piperidine rings is 1. The Hall–Kier alpha value is -0.650. The van der Waals surface area contributed by atoms with Gasteiger partial charge in [-0.25, -0.2) is 4.98 Å². The number of anilines is 1. The van der Waals surface area contributed by atoms with Crippen molar-refractivity contribution in [3.63, 3.8) is 0 Å². The summed E-state index contributed by atoms with van der Waals surface area (Å²) >= 11 is 1.46. The van der Waals surface area contributed by atoms with Gasteiger partial charge in [-0.15, -0.1) is 23.7 Å². The molecule has 84 valence electrons. The Morgan fingerprint density at radius 3 is 2.87 bits per heavy atom. The Balaban J connectivity index is 0.00000112. The summed E-state index contributed by atoms with van der Waals surface area (Å²) in [6, 6.07) is 0. The van der Waals surface area contributed by atoms with Gasteiger partial charge in [-0.1, -0.05) is 0 Å². The molecule has 2 N–H and O–H groups in total. The maximum absolute atomic E-state index is 11.7. The van der Waals surface area contributed by atoms with Crippen LogP contribution in [0.3, 0.4) is 0 Å². The van der Waals surface area contributed by atoms with E-state index in [-0.39, 0.29) is 24.2 Å². The lowest BCUT2D eigenvalue weighted by atomic mass is 9.97. The SMILES string of the molecule is Cl.O=C(Nc1nccs1)C1CCNCC1. The second-order valence-electron chi connectivity index (χ2n) is 3.35. The van der Waals surface area contributed by atoms with E-state index in [4.69, 9.17) is 0 Å². The number of nitrogens with zero attached hydrogens (tertiary/aromatic N) is 1. The molecule has 0 bridgehead atoms. The molecule has 1 amide bonds. The zero-order chi connectivity index (χ0) is 9.80. The van der Waals surface area contributed by atoms with Crippen molar-refractivity contribution in [1.29, 1.82) is 0 Å². The van der Waals surface area contributed by atoms with Crippen molar-refractivity contribution >= 4 is 34.8 Å². The predicted molar refractivity (Wildman–Crippen MR) is 63.6 cm³/mol. The molecule has 15 heavy (non-hydrogen) atoms. The Labute approximate surface area is 98.9 Å². The molecule has 1 aromatic rings. The number of carbonyl (C=O) groups excluding carboxylic acids is 1. The quantitative estimate of drug-likeness (QED) is 0.833. The molecule has 0 unspecified atom stereocenters. The molecular formula is C9H14ClN3OS. The lowest BCUT2D eigenvalue weighted by Gasteiger charge is -2.20. The largest absolute Gasteiger partial charge is 0.317 e. The second kappa shape index (κ2) is 6.05. The predicted octanol–water partition coefficient (Wildman–Crippen LogP) is 1.50. The molecule has 2 rings (SSSR count). The molecule has 4 nitrogen and oxygen atoms in total. The lowest BCUT2D eigenvalue weighted by molar-refractivity contribution is -0.120. The molecule has 0 spiro atoms. The first kappa shape index (κ1) is 12.4. The van der Waals surface area contributed by atoms with Crippen LogP contribution in [-0.4, -0.2) is 24.0 Å². The lowest BCUT2D eigenvalue weighted by Crippen LogP contribution is -2.34. The van der Waals surface area contributed by atoms with Gasteiger partial charge in [-0.3, -0.25) is 4.79 Å². The topological polar surface area (TPSA) is 54.0 Å². The number of hydrogen-bond donors (Lipinski definition) is 2. The highest BCUT2D eigenvalue weighted by molar-refractivity contribution is 7.13. The molecule has 6 heteroatoms. The van der Waals surface area contributed by atoms with Crippen LogP contribution in [-0.2, 0) is 4.79 Å². The fraction of sp³-hybridized carbons (Fsp3) is 0.556. The van der Waals surface area contributed by atoms with Crippen LogP contribution in [0.25, 0.3) is 0 Å². The highest BCUT2D eigenvalue weighted by atomic mass is 35.5. The summed E-state index contributed by atoms with van der Waals surface area (Å²) in [6.07, 6.45) is 3.55. The molecule has 0 saturated carbocycles. The molecule has 2 heterocycles. The minimum absolute atomic E-state index is 0. The van der Waals surface area contributed by atoms with E-state index in [0.29, 0.717) is 5.13 Å². The van der Waals surface area contributed by atoms with Gasteiger partial charge in [0.25, 0.3) is 0 Å². The Bertz CT molecular complexity index is 298. The highest BCUT2D eigenvalue weighted by Gasteiger charge is 2.21. The number of thiazole rings is 1. The van der Waals surface area contributed by atoms with Gasteiger partial charge in [0.2, 0.25) is 5.91 Å². The number of hydrogen-bond acceptors (Lipinski definition) is 4. The molecule has 0 aromatic carbocycles. The Kier molecular flexibility index (Phi) is 5.01. The zero-order valence-corrected chi connectivity index (χ0v) is 9.87. The summed E-state index contributed by atoms with van der Waals surface area (Å²) in [4.78, 5) is 15.7. The van der Waals surface area contributed by atoms with Crippen molar-refractivity contribution < 1.29 is 4.79 Å². The average molecular weight is 248 g/mol. The molecule has 1 fully saturated rings. The van der Waals surface area contributed by atoms with Crippen molar-refractivity contribution in [2.75, 3.05) is 18.4 Å². The minimum Gasteiger partial charge on any atom is -0.317 e. The van der Waals surface area contributed by atoms with Crippen LogP contribution in [0.4, 0.5) is 5.13 Å². The summed E-state index contributed by atoms with van der Waals surface area (Å²) in [5, 5.41) is 8.63. The maximum atomic E-state index is 11.7. The molecule has 1 aliphatic heterocycles. The minimum atomic E-state index is 0. The van der Waals surface area contributed by atoms with E-state index < -0.39 is 0 Å². The second-order valence-corrected chi connectivity index (χ2v) is 4.25. The molecule has 0 atom stereocenters. The van der Waals surface area contributed by atoms with E-state index in [0.717, 1.165) is 25.9 Å². The molecule has 0 aliphatic carbocycles. The first-order valence-electron chi connectivity index (χ1n) is 4.77. The Morgan fingerprint density at radius 2 is 2.27 bits per heavy atom. The number of nitrogens with one attached hydrogen (secondary N) is 2. The van der Waals surface area contributed by atoms with Gasteiger partial charge in [0.05, 0.1) is 0 Å². The molecule has 1 aromatic heterocycles. The summed E-state index contributed by atoms with van der Waals surface area (Å²) < 4.78 is 0. The smallest absolute Gasteiger partial charge is 0.229 e. The van der Waals surface area contributed by atoms with Gasteiger partial charge in [0.15, 0.2) is 5.13 Å². The number of amides is 1. The fourth-order valence-corrected chi connectivity index (χ4v) is 2.11. The number of aromatic nitrogens is 1. The summed E-state index contributed by atoms with van der Waals surface area (Å²) in [5.74, 6) is 0.265. The van der Waals surface area contributed by atoms with E-state index >= 15 is 0 Å². The van der Waals surface area contributed by atoms with Gasteiger partial charge in [0.1, 0.15) is 0 Å². The standard InChI is InChI=1S/C9H13N3OS.ClH/c13-8(7-1-3-10-4-2-7)12-9-11-5-6-14-9;/h5-7,10H,1-4H2,(H,11,12,13);1H. The van der Waals surface area contributed by atoms with Crippen molar-refractivity contribution in [1.82, 2.24) is 10.3 Å². The number of halogens is 1. The van der Waals surface area contributed by atoms with Crippen LogP contribution in [0, 0.1) is 5.92 Å². The van der Waals surface area contributed by atoms with E-state index in [1.807, 2.05) is 5.38 Å². The Morgan fingerprint density at radius 1 is 1.53 bits per heavy atom. The third-order valence-electron chi connectivity index (χ3n) is 2.37. The van der Waals surface area contributed by atoms with Crippen molar-refractivity contribution in [2.24, 2.45) is 5.92 Å². The van der Waals surface area contributed by atoms with Crippen LogP contribution < -0.4 is 10.6 Å². The first-order chi connectivity index (χ1) is 6.86. The van der Waals surface area contributed by atoms with Crippen LogP contribution in [0.5, 0.6) is 0 Å². The van der Waals surface area contributed by atoms with E-state index in [1.54, 1.807) is 6.20 Å². The van der Waals surface area contributed by atoms with Gasteiger partial charge < -0.3 is 10.6 Å². The van der Waals surface area contributed by atoms with Crippen LogP contribution in [0.1, 0.15) is 12.8 Å². The molecule has 1 aliphatic rings. The maximum Gasteiger partial charge on any atom is 0.229 e. The van der Waals surface area contributed by atoms with Crippen LogP contribution >= 0.6 is 23.7 Å². The normalized spacial score (nSPS) is 16.8. The highest BCUT2D eigenvalue weighted by Crippen LogP contribution is 2.16. The number of rotatable bonds is 2.